The number of carbonyl (C=O) groups is 1. The van der Waals surface area contributed by atoms with E-state index in [2.05, 4.69) is 18.2 Å². The minimum absolute atomic E-state index is 0.187. The Hall–Kier alpha value is -0.960. The molecule has 0 amide bonds. The number of hydrogen-bond donors (Lipinski definition) is 1. The number of hydrogen-bond acceptors (Lipinski definition) is 2. The van der Waals surface area contributed by atoms with Gasteiger partial charge < -0.3 is 5.11 Å². The molecule has 3 heteroatoms. The molecule has 1 atom stereocenters. The van der Waals surface area contributed by atoms with E-state index in [1.807, 2.05) is 6.92 Å². The molecular formula is C14H18O2S. The second-order valence-electron chi connectivity index (χ2n) is 4.53. The summed E-state index contributed by atoms with van der Waals surface area (Å²) in [5, 5.41) is 9.02. The van der Waals surface area contributed by atoms with Gasteiger partial charge in [-0.3, -0.25) is 4.79 Å². The predicted molar refractivity (Wildman–Crippen MR) is 70.7 cm³/mol. The second-order valence-corrected chi connectivity index (χ2v) is 5.90. The Morgan fingerprint density at radius 3 is 2.88 bits per heavy atom. The fraction of sp³-hybridized carbons (Fsp3) is 0.500. The zero-order chi connectivity index (χ0) is 12.3. The summed E-state index contributed by atoms with van der Waals surface area (Å²) in [4.78, 5) is 12.0. The number of rotatable bonds is 5. The highest BCUT2D eigenvalue weighted by atomic mass is 32.2. The van der Waals surface area contributed by atoms with Crippen LogP contribution in [0.5, 0.6) is 0 Å². The normalized spacial score (nSPS) is 15.6. The molecule has 1 aliphatic carbocycles. The first-order chi connectivity index (χ1) is 8.19. The first kappa shape index (κ1) is 12.5. The van der Waals surface area contributed by atoms with Gasteiger partial charge >= 0.3 is 5.97 Å². The summed E-state index contributed by atoms with van der Waals surface area (Å²) < 4.78 is 0. The van der Waals surface area contributed by atoms with Gasteiger partial charge in [0.15, 0.2) is 0 Å². The van der Waals surface area contributed by atoms with Crippen LogP contribution < -0.4 is 0 Å². The molecule has 17 heavy (non-hydrogen) atoms. The SMILES string of the molecule is CCC(CC(=O)O)Sc1ccc2c(c1)CCC2. The van der Waals surface area contributed by atoms with Crippen LogP contribution in [0.4, 0.5) is 0 Å². The van der Waals surface area contributed by atoms with Crippen LogP contribution in [-0.4, -0.2) is 16.3 Å². The highest BCUT2D eigenvalue weighted by Crippen LogP contribution is 2.31. The molecule has 0 spiro atoms. The Morgan fingerprint density at radius 2 is 2.18 bits per heavy atom. The number of aryl methyl sites for hydroxylation is 2. The maximum atomic E-state index is 10.7. The molecule has 1 N–H and O–H groups in total. The molecule has 0 aromatic heterocycles. The number of aliphatic carboxylic acids is 1. The van der Waals surface area contributed by atoms with Crippen molar-refractivity contribution in [3.63, 3.8) is 0 Å². The standard InChI is InChI=1S/C14H18O2S/c1-2-12(9-14(15)16)17-13-7-6-10-4-3-5-11(10)8-13/h6-8,12H,2-5,9H2,1H3,(H,15,16). The van der Waals surface area contributed by atoms with Gasteiger partial charge in [-0.25, -0.2) is 0 Å². The van der Waals surface area contributed by atoms with Crippen LogP contribution in [0.1, 0.15) is 37.3 Å². The second kappa shape index (κ2) is 5.58. The Bertz CT molecular complexity index is 415. The van der Waals surface area contributed by atoms with Gasteiger partial charge in [0.25, 0.3) is 0 Å². The van der Waals surface area contributed by atoms with Crippen molar-refractivity contribution in [1.82, 2.24) is 0 Å². The van der Waals surface area contributed by atoms with Crippen LogP contribution in [0.25, 0.3) is 0 Å². The molecule has 2 rings (SSSR count). The summed E-state index contributed by atoms with van der Waals surface area (Å²) >= 11 is 1.70. The fourth-order valence-electron chi connectivity index (χ4n) is 2.28. The summed E-state index contributed by atoms with van der Waals surface area (Å²) in [7, 11) is 0. The molecule has 0 fully saturated rings. The van der Waals surface area contributed by atoms with E-state index < -0.39 is 5.97 Å². The van der Waals surface area contributed by atoms with Crippen molar-refractivity contribution < 1.29 is 9.90 Å². The van der Waals surface area contributed by atoms with E-state index in [9.17, 15) is 4.79 Å². The largest absolute Gasteiger partial charge is 0.481 e. The van der Waals surface area contributed by atoms with Crippen LogP contribution in [0, 0.1) is 0 Å². The Labute approximate surface area is 106 Å². The molecule has 1 aromatic carbocycles. The lowest BCUT2D eigenvalue weighted by atomic mass is 10.1. The van der Waals surface area contributed by atoms with Crippen molar-refractivity contribution in [1.29, 1.82) is 0 Å². The predicted octanol–water partition coefficient (Wildman–Crippen LogP) is 3.52. The lowest BCUT2D eigenvalue weighted by Crippen LogP contribution is -2.08. The van der Waals surface area contributed by atoms with E-state index >= 15 is 0 Å². The van der Waals surface area contributed by atoms with E-state index in [0.717, 1.165) is 6.42 Å². The lowest BCUT2D eigenvalue weighted by Gasteiger charge is -2.12. The minimum atomic E-state index is -0.703. The van der Waals surface area contributed by atoms with E-state index in [-0.39, 0.29) is 11.7 Å². The van der Waals surface area contributed by atoms with Crippen molar-refractivity contribution in [2.45, 2.75) is 49.2 Å². The van der Waals surface area contributed by atoms with Gasteiger partial charge in [0.2, 0.25) is 0 Å². The van der Waals surface area contributed by atoms with Crippen LogP contribution in [0.15, 0.2) is 23.1 Å². The van der Waals surface area contributed by atoms with Crippen molar-refractivity contribution in [2.24, 2.45) is 0 Å². The summed E-state index contributed by atoms with van der Waals surface area (Å²) in [5.74, 6) is -0.703. The maximum absolute atomic E-state index is 10.7. The molecule has 1 aromatic rings. The van der Waals surface area contributed by atoms with E-state index in [0.29, 0.717) is 0 Å². The number of fused-ring (bicyclic) bond motifs is 1. The summed E-state index contributed by atoms with van der Waals surface area (Å²) in [6.07, 6.45) is 4.79. The molecule has 0 bridgehead atoms. The summed E-state index contributed by atoms with van der Waals surface area (Å²) in [6.45, 7) is 2.05. The van der Waals surface area contributed by atoms with Crippen LogP contribution >= 0.6 is 11.8 Å². The molecule has 0 heterocycles. The van der Waals surface area contributed by atoms with Gasteiger partial charge in [0.05, 0.1) is 6.42 Å². The monoisotopic (exact) mass is 250 g/mol. The highest BCUT2D eigenvalue weighted by molar-refractivity contribution is 8.00. The van der Waals surface area contributed by atoms with Crippen molar-refractivity contribution in [3.8, 4) is 0 Å². The van der Waals surface area contributed by atoms with E-state index in [4.69, 9.17) is 5.11 Å². The fourth-order valence-corrected chi connectivity index (χ4v) is 3.41. The lowest BCUT2D eigenvalue weighted by molar-refractivity contribution is -0.136. The topological polar surface area (TPSA) is 37.3 Å². The first-order valence-corrected chi connectivity index (χ1v) is 7.07. The smallest absolute Gasteiger partial charge is 0.304 e. The van der Waals surface area contributed by atoms with Gasteiger partial charge in [-0.1, -0.05) is 13.0 Å². The number of carboxylic acid groups (broad SMARTS) is 1. The van der Waals surface area contributed by atoms with E-state index in [1.165, 1.54) is 35.3 Å². The number of benzene rings is 1. The number of thioether (sulfide) groups is 1. The van der Waals surface area contributed by atoms with Crippen molar-refractivity contribution >= 4 is 17.7 Å². The molecule has 0 saturated heterocycles. The van der Waals surface area contributed by atoms with Gasteiger partial charge in [-0.15, -0.1) is 11.8 Å². The summed E-state index contributed by atoms with van der Waals surface area (Å²) in [6, 6.07) is 6.59. The molecule has 0 saturated carbocycles. The molecule has 0 aliphatic heterocycles. The molecular weight excluding hydrogens is 232 g/mol. The Morgan fingerprint density at radius 1 is 1.41 bits per heavy atom. The third-order valence-electron chi connectivity index (χ3n) is 3.23. The molecule has 2 nitrogen and oxygen atoms in total. The molecule has 0 radical (unpaired) electrons. The molecule has 1 aliphatic rings. The summed E-state index contributed by atoms with van der Waals surface area (Å²) in [5.41, 5.74) is 2.93. The highest BCUT2D eigenvalue weighted by Gasteiger charge is 2.15. The van der Waals surface area contributed by atoms with Crippen LogP contribution in [0.2, 0.25) is 0 Å². The van der Waals surface area contributed by atoms with Gasteiger partial charge in [-0.05, 0) is 48.9 Å². The van der Waals surface area contributed by atoms with Gasteiger partial charge in [-0.2, -0.15) is 0 Å². The van der Waals surface area contributed by atoms with Crippen LogP contribution in [0.3, 0.4) is 0 Å². The third-order valence-corrected chi connectivity index (χ3v) is 4.59. The van der Waals surface area contributed by atoms with E-state index in [1.54, 1.807) is 11.8 Å². The third kappa shape index (κ3) is 3.25. The molecule has 92 valence electrons. The first-order valence-electron chi connectivity index (χ1n) is 6.19. The quantitative estimate of drug-likeness (QED) is 0.812. The minimum Gasteiger partial charge on any atom is -0.481 e. The average molecular weight is 250 g/mol. The Balaban J connectivity index is 2.04. The zero-order valence-electron chi connectivity index (χ0n) is 10.1. The van der Waals surface area contributed by atoms with Crippen molar-refractivity contribution in [3.05, 3.63) is 29.3 Å². The zero-order valence-corrected chi connectivity index (χ0v) is 10.9. The van der Waals surface area contributed by atoms with Gasteiger partial charge in [0, 0.05) is 10.1 Å². The molecule has 1 unspecified atom stereocenters. The van der Waals surface area contributed by atoms with Gasteiger partial charge in [0.1, 0.15) is 0 Å². The van der Waals surface area contributed by atoms with Crippen LogP contribution in [-0.2, 0) is 17.6 Å². The Kier molecular flexibility index (Phi) is 4.11. The maximum Gasteiger partial charge on any atom is 0.304 e. The average Bonchev–Trinajstić information content (AvgIpc) is 2.74. The number of carboxylic acids is 1. The van der Waals surface area contributed by atoms with Crippen molar-refractivity contribution in [2.75, 3.05) is 0 Å².